The molecule has 1 aliphatic heterocycles. The second-order valence-corrected chi connectivity index (χ2v) is 8.50. The Balaban J connectivity index is 1.43. The SMILES string of the molecule is O=C(CCn1c(-c2cccs2)n[nH]c1=S)NC1CCSc2ccccc21. The van der Waals surface area contributed by atoms with Crippen LogP contribution in [0.3, 0.4) is 0 Å². The molecule has 134 valence electrons. The zero-order valence-corrected chi connectivity index (χ0v) is 16.4. The Morgan fingerprint density at radius 2 is 2.23 bits per heavy atom. The van der Waals surface area contributed by atoms with Crippen molar-refractivity contribution in [1.82, 2.24) is 20.1 Å². The predicted octanol–water partition coefficient (Wildman–Crippen LogP) is 4.41. The van der Waals surface area contributed by atoms with Crippen LogP contribution in [0.5, 0.6) is 0 Å². The van der Waals surface area contributed by atoms with Crippen molar-refractivity contribution in [2.75, 3.05) is 5.75 Å². The summed E-state index contributed by atoms with van der Waals surface area (Å²) >= 11 is 8.79. The quantitative estimate of drug-likeness (QED) is 0.621. The van der Waals surface area contributed by atoms with Gasteiger partial charge in [-0.15, -0.1) is 23.1 Å². The van der Waals surface area contributed by atoms with Crippen LogP contribution in [0.1, 0.15) is 24.4 Å². The lowest BCUT2D eigenvalue weighted by Crippen LogP contribution is -2.31. The highest BCUT2D eigenvalue weighted by atomic mass is 32.2. The molecule has 0 aliphatic carbocycles. The van der Waals surface area contributed by atoms with E-state index in [4.69, 9.17) is 12.2 Å². The number of carbonyl (C=O) groups excluding carboxylic acids is 1. The van der Waals surface area contributed by atoms with Crippen molar-refractivity contribution in [2.45, 2.75) is 30.3 Å². The Bertz CT molecular complexity index is 961. The molecule has 2 aromatic heterocycles. The molecule has 1 aromatic carbocycles. The number of aromatic nitrogens is 3. The number of benzene rings is 1. The molecule has 8 heteroatoms. The van der Waals surface area contributed by atoms with E-state index in [-0.39, 0.29) is 11.9 Å². The molecule has 0 fully saturated rings. The smallest absolute Gasteiger partial charge is 0.222 e. The highest BCUT2D eigenvalue weighted by Gasteiger charge is 2.22. The monoisotopic (exact) mass is 402 g/mol. The maximum Gasteiger partial charge on any atom is 0.222 e. The first-order valence-corrected chi connectivity index (χ1v) is 10.7. The fourth-order valence-corrected chi connectivity index (χ4v) is 5.16. The number of H-pyrrole nitrogens is 1. The summed E-state index contributed by atoms with van der Waals surface area (Å²) in [5, 5.41) is 12.3. The fourth-order valence-electron chi connectivity index (χ4n) is 3.09. The maximum atomic E-state index is 12.5. The first kappa shape index (κ1) is 17.5. The number of amides is 1. The zero-order valence-electron chi connectivity index (χ0n) is 14.0. The van der Waals surface area contributed by atoms with Gasteiger partial charge >= 0.3 is 0 Å². The van der Waals surface area contributed by atoms with Gasteiger partial charge in [0.05, 0.1) is 10.9 Å². The summed E-state index contributed by atoms with van der Waals surface area (Å²) in [6.45, 7) is 0.511. The minimum Gasteiger partial charge on any atom is -0.349 e. The number of fused-ring (bicyclic) bond motifs is 1. The Morgan fingerprint density at radius 3 is 3.08 bits per heavy atom. The highest BCUT2D eigenvalue weighted by Crippen LogP contribution is 2.35. The summed E-state index contributed by atoms with van der Waals surface area (Å²) in [7, 11) is 0. The normalized spacial score (nSPS) is 16.2. The van der Waals surface area contributed by atoms with E-state index in [0.29, 0.717) is 17.7 Å². The van der Waals surface area contributed by atoms with E-state index in [9.17, 15) is 4.79 Å². The third kappa shape index (κ3) is 3.62. The molecule has 0 saturated carbocycles. The van der Waals surface area contributed by atoms with Gasteiger partial charge in [0.2, 0.25) is 5.91 Å². The Hall–Kier alpha value is -1.90. The minimum atomic E-state index is 0.0388. The summed E-state index contributed by atoms with van der Waals surface area (Å²) < 4.78 is 2.44. The second-order valence-electron chi connectivity index (χ2n) is 6.03. The van der Waals surface area contributed by atoms with Gasteiger partial charge < -0.3 is 5.32 Å². The number of nitrogens with zero attached hydrogens (tertiary/aromatic N) is 2. The Labute approximate surface area is 164 Å². The van der Waals surface area contributed by atoms with Crippen molar-refractivity contribution < 1.29 is 4.79 Å². The van der Waals surface area contributed by atoms with Gasteiger partial charge in [-0.1, -0.05) is 24.3 Å². The van der Waals surface area contributed by atoms with Crippen LogP contribution in [0.2, 0.25) is 0 Å². The second kappa shape index (κ2) is 7.77. The summed E-state index contributed by atoms with van der Waals surface area (Å²) in [6, 6.07) is 12.4. The van der Waals surface area contributed by atoms with Crippen LogP contribution >= 0.6 is 35.3 Å². The lowest BCUT2D eigenvalue weighted by atomic mass is 10.0. The first-order chi connectivity index (χ1) is 12.7. The largest absolute Gasteiger partial charge is 0.349 e. The molecular formula is C18H18N4OS3. The number of carbonyl (C=O) groups is 1. The number of nitrogens with one attached hydrogen (secondary N) is 2. The summed E-state index contributed by atoms with van der Waals surface area (Å²) in [5.74, 6) is 1.85. The molecule has 0 radical (unpaired) electrons. The molecule has 0 spiro atoms. The topological polar surface area (TPSA) is 62.7 Å². The Morgan fingerprint density at radius 1 is 1.35 bits per heavy atom. The van der Waals surface area contributed by atoms with Crippen LogP contribution in [0.25, 0.3) is 10.7 Å². The minimum absolute atomic E-state index is 0.0388. The molecule has 26 heavy (non-hydrogen) atoms. The predicted molar refractivity (Wildman–Crippen MR) is 108 cm³/mol. The van der Waals surface area contributed by atoms with E-state index in [0.717, 1.165) is 22.9 Å². The summed E-state index contributed by atoms with van der Waals surface area (Å²) in [6.07, 6.45) is 1.33. The standard InChI is InChI=1S/C18H18N4OS3/c23-16(19-13-8-11-26-14-5-2-1-4-12(13)14)7-9-22-17(20-21-18(22)24)15-6-3-10-25-15/h1-6,10,13H,7-9,11H2,(H,19,23)(H,21,24). The van der Waals surface area contributed by atoms with E-state index >= 15 is 0 Å². The molecule has 1 atom stereocenters. The molecule has 0 bridgehead atoms. The van der Waals surface area contributed by atoms with Crippen molar-refractivity contribution >= 4 is 41.2 Å². The molecule has 1 unspecified atom stereocenters. The van der Waals surface area contributed by atoms with Crippen molar-refractivity contribution in [2.24, 2.45) is 0 Å². The van der Waals surface area contributed by atoms with E-state index in [1.807, 2.05) is 46.0 Å². The van der Waals surface area contributed by atoms with Crippen LogP contribution in [-0.2, 0) is 11.3 Å². The third-order valence-electron chi connectivity index (χ3n) is 4.36. The summed E-state index contributed by atoms with van der Waals surface area (Å²) in [4.78, 5) is 14.8. The van der Waals surface area contributed by atoms with Crippen molar-refractivity contribution in [3.05, 3.63) is 52.1 Å². The van der Waals surface area contributed by atoms with Gasteiger partial charge in [0.25, 0.3) is 0 Å². The molecule has 5 nitrogen and oxygen atoms in total. The van der Waals surface area contributed by atoms with Crippen molar-refractivity contribution in [3.63, 3.8) is 0 Å². The number of hydrogen-bond donors (Lipinski definition) is 2. The molecule has 4 rings (SSSR count). The van der Waals surface area contributed by atoms with E-state index < -0.39 is 0 Å². The lowest BCUT2D eigenvalue weighted by molar-refractivity contribution is -0.122. The van der Waals surface area contributed by atoms with Gasteiger partial charge in [0.15, 0.2) is 10.6 Å². The van der Waals surface area contributed by atoms with Crippen LogP contribution in [0.15, 0.2) is 46.7 Å². The number of hydrogen-bond acceptors (Lipinski definition) is 5. The molecule has 3 aromatic rings. The van der Waals surface area contributed by atoms with Gasteiger partial charge in [-0.05, 0) is 41.7 Å². The maximum absolute atomic E-state index is 12.5. The average molecular weight is 403 g/mol. The zero-order chi connectivity index (χ0) is 17.9. The number of rotatable bonds is 5. The van der Waals surface area contributed by atoms with Crippen LogP contribution in [-0.4, -0.2) is 26.4 Å². The van der Waals surface area contributed by atoms with Crippen LogP contribution in [0, 0.1) is 4.77 Å². The molecule has 1 aliphatic rings. The highest BCUT2D eigenvalue weighted by molar-refractivity contribution is 7.99. The van der Waals surface area contributed by atoms with E-state index in [2.05, 4.69) is 27.6 Å². The number of thioether (sulfide) groups is 1. The van der Waals surface area contributed by atoms with Gasteiger partial charge in [0, 0.05) is 23.6 Å². The molecule has 2 N–H and O–H groups in total. The molecule has 3 heterocycles. The van der Waals surface area contributed by atoms with Crippen molar-refractivity contribution in [3.8, 4) is 10.7 Å². The fraction of sp³-hybridized carbons (Fsp3) is 0.278. The number of thiophene rings is 1. The molecule has 0 saturated heterocycles. The van der Waals surface area contributed by atoms with Crippen LogP contribution in [0.4, 0.5) is 0 Å². The van der Waals surface area contributed by atoms with Crippen molar-refractivity contribution in [1.29, 1.82) is 0 Å². The van der Waals surface area contributed by atoms with Gasteiger partial charge in [-0.25, -0.2) is 0 Å². The summed E-state index contributed by atoms with van der Waals surface area (Å²) in [5.41, 5.74) is 1.22. The molecule has 1 amide bonds. The first-order valence-electron chi connectivity index (χ1n) is 8.42. The molecular weight excluding hydrogens is 384 g/mol. The Kier molecular flexibility index (Phi) is 5.23. The van der Waals surface area contributed by atoms with Gasteiger partial charge in [-0.2, -0.15) is 5.10 Å². The van der Waals surface area contributed by atoms with Gasteiger partial charge in [-0.3, -0.25) is 14.5 Å². The van der Waals surface area contributed by atoms with Crippen LogP contribution < -0.4 is 5.32 Å². The van der Waals surface area contributed by atoms with Gasteiger partial charge in [0.1, 0.15) is 0 Å². The van der Waals surface area contributed by atoms with E-state index in [1.165, 1.54) is 10.5 Å². The van der Waals surface area contributed by atoms with E-state index in [1.54, 1.807) is 11.3 Å². The lowest BCUT2D eigenvalue weighted by Gasteiger charge is -2.25. The third-order valence-corrected chi connectivity index (χ3v) is 6.66. The average Bonchev–Trinajstić information content (AvgIpc) is 3.30. The number of aromatic amines is 1.